The molecule has 0 radical (unpaired) electrons. The Morgan fingerprint density at radius 2 is 1.30 bits per heavy atom. The molecular weight excluding hydrogens is 459 g/mol. The monoisotopic (exact) mass is 494 g/mol. The third-order valence-corrected chi connectivity index (χ3v) is 5.16. The van der Waals surface area contributed by atoms with Crippen LogP contribution in [0.1, 0.15) is 70.9 Å². The van der Waals surface area contributed by atoms with Gasteiger partial charge in [-0.3, -0.25) is 0 Å². The first-order valence-corrected chi connectivity index (χ1v) is 12.3. The van der Waals surface area contributed by atoms with E-state index < -0.39 is 0 Å². The summed E-state index contributed by atoms with van der Waals surface area (Å²) in [6.45, 7) is 14.1. The van der Waals surface area contributed by atoms with E-state index in [1.54, 1.807) is 6.08 Å². The molecule has 0 unspecified atom stereocenters. The summed E-state index contributed by atoms with van der Waals surface area (Å²) in [4.78, 5) is 0. The van der Waals surface area contributed by atoms with Crippen molar-refractivity contribution in [2.24, 2.45) is 0 Å². The van der Waals surface area contributed by atoms with Crippen LogP contribution < -0.4 is 18.9 Å². The molecule has 0 bridgehead atoms. The first kappa shape index (κ1) is 27.2. The highest BCUT2D eigenvalue weighted by molar-refractivity contribution is 6.55. The fraction of sp³-hybridized carbons (Fsp3) is 0.481. The van der Waals surface area contributed by atoms with E-state index in [0.29, 0.717) is 19.8 Å². The van der Waals surface area contributed by atoms with Crippen molar-refractivity contribution < 1.29 is 18.9 Å². The van der Waals surface area contributed by atoms with Gasteiger partial charge in [0.15, 0.2) is 0 Å². The Kier molecular flexibility index (Phi) is 11.2. The quantitative estimate of drug-likeness (QED) is 0.262. The molecule has 182 valence electrons. The number of hydrogen-bond acceptors (Lipinski definition) is 4. The molecule has 4 nitrogen and oxygen atoms in total. The summed E-state index contributed by atoms with van der Waals surface area (Å²) in [6.07, 6.45) is 2.56. The number of hydrogen-bond donors (Lipinski definition) is 0. The smallest absolute Gasteiger partial charge is 0.126 e. The van der Waals surface area contributed by atoms with Crippen molar-refractivity contribution in [1.29, 1.82) is 0 Å². The highest BCUT2D eigenvalue weighted by atomic mass is 35.5. The van der Waals surface area contributed by atoms with E-state index in [4.69, 9.17) is 42.1 Å². The third-order valence-electron chi connectivity index (χ3n) is 4.85. The van der Waals surface area contributed by atoms with Crippen LogP contribution in [-0.4, -0.2) is 25.9 Å². The first-order valence-electron chi connectivity index (χ1n) is 11.5. The number of rotatable bonds is 13. The van der Waals surface area contributed by atoms with Gasteiger partial charge in [-0.1, -0.05) is 50.9 Å². The van der Waals surface area contributed by atoms with E-state index in [1.165, 1.54) is 0 Å². The van der Waals surface area contributed by atoms with Gasteiger partial charge in [0.1, 0.15) is 34.1 Å². The van der Waals surface area contributed by atoms with Crippen LogP contribution in [-0.2, 0) is 0 Å². The van der Waals surface area contributed by atoms with Gasteiger partial charge in [0.2, 0.25) is 0 Å². The lowest BCUT2D eigenvalue weighted by atomic mass is 9.93. The van der Waals surface area contributed by atoms with E-state index >= 15 is 0 Å². The highest BCUT2D eigenvalue weighted by Crippen LogP contribution is 2.38. The summed E-state index contributed by atoms with van der Waals surface area (Å²) >= 11 is 11.4. The van der Waals surface area contributed by atoms with Gasteiger partial charge in [-0.2, -0.15) is 0 Å². The summed E-state index contributed by atoms with van der Waals surface area (Å²) in [6, 6.07) is 11.8. The van der Waals surface area contributed by atoms with Crippen molar-refractivity contribution in [2.75, 3.05) is 19.8 Å². The molecule has 0 aliphatic rings. The molecular formula is C27H36Cl2O4. The van der Waals surface area contributed by atoms with Gasteiger partial charge in [-0.15, -0.1) is 0 Å². The van der Waals surface area contributed by atoms with Gasteiger partial charge in [-0.25, -0.2) is 0 Å². The van der Waals surface area contributed by atoms with Crippen molar-refractivity contribution in [3.63, 3.8) is 0 Å². The second-order valence-corrected chi connectivity index (χ2v) is 9.74. The lowest BCUT2D eigenvalue weighted by Crippen LogP contribution is -2.10. The number of halogens is 2. The minimum absolute atomic E-state index is 0.155. The maximum atomic E-state index is 6.28. The minimum Gasteiger partial charge on any atom is -0.493 e. The SMILES string of the molecule is CC(C)Oc1ccc(OCCCOc2c(C(C)C)cc(OCC=C(Cl)Cl)cc2C(C)C)cc1. The lowest BCUT2D eigenvalue weighted by molar-refractivity contribution is 0.237. The third kappa shape index (κ3) is 9.38. The standard InChI is InChI=1S/C27H36Cl2O4/c1-18(2)24-16-23(31-15-12-26(28)29)17-25(19(3)4)27(24)32-14-7-13-30-21-8-10-22(11-9-21)33-20(5)6/h8-12,16-20H,7,13-15H2,1-6H3. The Morgan fingerprint density at radius 1 is 0.758 bits per heavy atom. The molecule has 6 heteroatoms. The average Bonchev–Trinajstić information content (AvgIpc) is 2.74. The number of ether oxygens (including phenoxy) is 4. The largest absolute Gasteiger partial charge is 0.493 e. The second-order valence-electron chi connectivity index (χ2n) is 8.73. The zero-order valence-electron chi connectivity index (χ0n) is 20.5. The molecule has 0 saturated heterocycles. The molecule has 0 aromatic heterocycles. The van der Waals surface area contributed by atoms with Crippen LogP contribution in [0.2, 0.25) is 0 Å². The van der Waals surface area contributed by atoms with Crippen LogP contribution in [0.15, 0.2) is 47.0 Å². The van der Waals surface area contributed by atoms with Crippen molar-refractivity contribution in [1.82, 2.24) is 0 Å². The second kappa shape index (κ2) is 13.6. The van der Waals surface area contributed by atoms with E-state index in [-0.39, 0.29) is 22.4 Å². The topological polar surface area (TPSA) is 36.9 Å². The summed E-state index contributed by atoms with van der Waals surface area (Å²) in [5, 5.41) is 0. The van der Waals surface area contributed by atoms with Gasteiger partial charge in [0, 0.05) is 17.5 Å². The maximum absolute atomic E-state index is 6.28. The molecule has 0 spiro atoms. The molecule has 33 heavy (non-hydrogen) atoms. The zero-order chi connectivity index (χ0) is 24.4. The van der Waals surface area contributed by atoms with Gasteiger partial charge < -0.3 is 18.9 Å². The van der Waals surface area contributed by atoms with Gasteiger partial charge in [-0.05, 0) is 68.2 Å². The summed E-state index contributed by atoms with van der Waals surface area (Å²) in [5.41, 5.74) is 2.25. The molecule has 0 heterocycles. The highest BCUT2D eigenvalue weighted by Gasteiger charge is 2.18. The maximum Gasteiger partial charge on any atom is 0.126 e. The van der Waals surface area contributed by atoms with Crippen LogP contribution in [0.3, 0.4) is 0 Å². The Morgan fingerprint density at radius 3 is 1.82 bits per heavy atom. The van der Waals surface area contributed by atoms with Crippen LogP contribution in [0.5, 0.6) is 23.0 Å². The molecule has 2 rings (SSSR count). The van der Waals surface area contributed by atoms with Gasteiger partial charge in [0.25, 0.3) is 0 Å². The average molecular weight is 495 g/mol. The van der Waals surface area contributed by atoms with Crippen molar-refractivity contribution in [3.05, 3.63) is 58.1 Å². The van der Waals surface area contributed by atoms with Crippen molar-refractivity contribution in [3.8, 4) is 23.0 Å². The molecule has 0 saturated carbocycles. The molecule has 0 aliphatic heterocycles. The predicted molar refractivity (Wildman–Crippen MR) is 138 cm³/mol. The van der Waals surface area contributed by atoms with Gasteiger partial charge >= 0.3 is 0 Å². The number of benzene rings is 2. The fourth-order valence-corrected chi connectivity index (χ4v) is 3.39. The van der Waals surface area contributed by atoms with Gasteiger partial charge in [0.05, 0.1) is 19.3 Å². The summed E-state index contributed by atoms with van der Waals surface area (Å²) < 4.78 is 23.8. The Labute approximate surface area is 208 Å². The van der Waals surface area contributed by atoms with Crippen LogP contribution in [0.4, 0.5) is 0 Å². The van der Waals surface area contributed by atoms with Crippen molar-refractivity contribution in [2.45, 2.75) is 65.9 Å². The molecule has 0 fully saturated rings. The fourth-order valence-electron chi connectivity index (χ4n) is 3.26. The lowest BCUT2D eigenvalue weighted by Gasteiger charge is -2.22. The van der Waals surface area contributed by atoms with Crippen LogP contribution in [0, 0.1) is 0 Å². The summed E-state index contributed by atoms with van der Waals surface area (Å²) in [5.74, 6) is 3.97. The Balaban J connectivity index is 1.98. The first-order chi connectivity index (χ1) is 15.7. The molecule has 0 N–H and O–H groups in total. The molecule has 2 aromatic carbocycles. The normalized spacial score (nSPS) is 11.1. The minimum atomic E-state index is 0.155. The Bertz CT molecular complexity index is 856. The molecule has 0 amide bonds. The van der Waals surface area contributed by atoms with E-state index in [1.807, 2.05) is 50.2 Å². The van der Waals surface area contributed by atoms with Crippen LogP contribution >= 0.6 is 23.2 Å². The Hall–Kier alpha value is -2.04. The molecule has 2 aromatic rings. The van der Waals surface area contributed by atoms with E-state index in [9.17, 15) is 0 Å². The van der Waals surface area contributed by atoms with E-state index in [2.05, 4.69) is 27.7 Å². The molecule has 0 aliphatic carbocycles. The zero-order valence-corrected chi connectivity index (χ0v) is 22.0. The summed E-state index contributed by atoms with van der Waals surface area (Å²) in [7, 11) is 0. The van der Waals surface area contributed by atoms with Crippen LogP contribution in [0.25, 0.3) is 0 Å². The predicted octanol–water partition coefficient (Wildman–Crippen LogP) is 8.27. The van der Waals surface area contributed by atoms with Crippen molar-refractivity contribution >= 4 is 23.2 Å². The molecule has 0 atom stereocenters. The van der Waals surface area contributed by atoms with E-state index in [0.717, 1.165) is 40.5 Å².